The number of sulfonamides is 1. The van der Waals surface area contributed by atoms with Crippen LogP contribution in [0, 0.1) is 5.92 Å². The Balaban J connectivity index is 1.62. The van der Waals surface area contributed by atoms with Crippen molar-refractivity contribution in [2.24, 2.45) is 5.92 Å². The minimum absolute atomic E-state index is 0.121. The van der Waals surface area contributed by atoms with E-state index in [4.69, 9.17) is 23.2 Å². The third-order valence-corrected chi connectivity index (χ3v) is 8.81. The number of amides is 1. The van der Waals surface area contributed by atoms with Gasteiger partial charge in [-0.2, -0.15) is 0 Å². The van der Waals surface area contributed by atoms with E-state index in [0.29, 0.717) is 45.9 Å². The molecule has 162 valence electrons. The molecule has 1 aromatic carbocycles. The molecule has 1 aliphatic rings. The van der Waals surface area contributed by atoms with Crippen molar-refractivity contribution in [3.05, 3.63) is 46.5 Å². The van der Waals surface area contributed by atoms with Crippen LogP contribution in [-0.2, 0) is 20.6 Å². The lowest BCUT2D eigenvalue weighted by molar-refractivity contribution is -0.120. The van der Waals surface area contributed by atoms with Crippen LogP contribution in [0.2, 0.25) is 10.0 Å². The molecule has 1 atom stereocenters. The summed E-state index contributed by atoms with van der Waals surface area (Å²) in [6.45, 7) is 4.15. The van der Waals surface area contributed by atoms with Crippen molar-refractivity contribution in [1.82, 2.24) is 14.5 Å². The van der Waals surface area contributed by atoms with Crippen LogP contribution in [0.3, 0.4) is 0 Å². The number of carbonyl (C=O) groups is 1. The minimum atomic E-state index is -3.63. The summed E-state index contributed by atoms with van der Waals surface area (Å²) in [6.07, 6.45) is 2.97. The van der Waals surface area contributed by atoms with E-state index in [0.717, 1.165) is 4.34 Å². The summed E-state index contributed by atoms with van der Waals surface area (Å²) in [4.78, 5) is 12.7. The highest BCUT2D eigenvalue weighted by molar-refractivity contribution is 8.01. The molecule has 1 saturated heterocycles. The third kappa shape index (κ3) is 6.18. The monoisotopic (exact) mass is 506 g/mol. The summed E-state index contributed by atoms with van der Waals surface area (Å²) in [5, 5.41) is 11.9. The molecule has 2 aromatic rings. The second-order valence-corrected chi connectivity index (χ2v) is 11.7. The molecule has 1 amide bonds. The molecule has 2 heterocycles. The SMILES string of the molecule is C=CCSc1nnc(NC(=O)C2CCCN(S(=O)(=O)Cc3ccc(Cl)cc3Cl)C2)s1. The van der Waals surface area contributed by atoms with Crippen molar-refractivity contribution in [2.75, 3.05) is 24.2 Å². The molecular weight excluding hydrogens is 487 g/mol. The molecule has 1 fully saturated rings. The number of aromatic nitrogens is 2. The van der Waals surface area contributed by atoms with Crippen LogP contribution in [0.1, 0.15) is 18.4 Å². The highest BCUT2D eigenvalue weighted by Crippen LogP contribution is 2.28. The maximum Gasteiger partial charge on any atom is 0.230 e. The van der Waals surface area contributed by atoms with Gasteiger partial charge in [0.2, 0.25) is 21.1 Å². The average molecular weight is 507 g/mol. The van der Waals surface area contributed by atoms with Crippen LogP contribution in [0.4, 0.5) is 5.13 Å². The van der Waals surface area contributed by atoms with Crippen molar-refractivity contribution in [1.29, 1.82) is 0 Å². The molecule has 1 unspecified atom stereocenters. The van der Waals surface area contributed by atoms with Crippen LogP contribution < -0.4 is 5.32 Å². The third-order valence-electron chi connectivity index (χ3n) is 4.46. The molecule has 3 rings (SSSR count). The zero-order valence-corrected chi connectivity index (χ0v) is 19.8. The standard InChI is InChI=1S/C18H20Cl2N4O3S3/c1-2-8-28-18-23-22-17(29-18)21-16(25)12-4-3-7-24(10-12)30(26,27)11-13-5-6-14(19)9-15(13)20/h2,5-6,9,12H,1,3-4,7-8,10-11H2,(H,21,22,25). The van der Waals surface area contributed by atoms with Gasteiger partial charge < -0.3 is 5.32 Å². The van der Waals surface area contributed by atoms with E-state index in [9.17, 15) is 13.2 Å². The van der Waals surface area contributed by atoms with Gasteiger partial charge in [-0.25, -0.2) is 12.7 Å². The van der Waals surface area contributed by atoms with Crippen LogP contribution in [0.15, 0.2) is 35.2 Å². The van der Waals surface area contributed by atoms with Crippen LogP contribution >= 0.6 is 46.3 Å². The molecule has 0 radical (unpaired) electrons. The first-order chi connectivity index (χ1) is 14.3. The van der Waals surface area contributed by atoms with E-state index in [-0.39, 0.29) is 18.2 Å². The minimum Gasteiger partial charge on any atom is -0.300 e. The Hall–Kier alpha value is -1.17. The van der Waals surface area contributed by atoms with E-state index >= 15 is 0 Å². The highest BCUT2D eigenvalue weighted by atomic mass is 35.5. The summed E-state index contributed by atoms with van der Waals surface area (Å²) in [5.74, 6) is -0.244. The fraction of sp³-hybridized carbons (Fsp3) is 0.389. The number of piperidine rings is 1. The Morgan fingerprint density at radius 1 is 1.40 bits per heavy atom. The van der Waals surface area contributed by atoms with Crippen LogP contribution in [0.25, 0.3) is 0 Å². The number of rotatable bonds is 8. The molecule has 0 bridgehead atoms. The second-order valence-electron chi connectivity index (χ2n) is 6.65. The van der Waals surface area contributed by atoms with Crippen LogP contribution in [0.5, 0.6) is 0 Å². The Labute approximate surface area is 193 Å². The maximum absolute atomic E-state index is 12.9. The predicted octanol–water partition coefficient (Wildman–Crippen LogP) is 4.30. The Morgan fingerprint density at radius 3 is 2.93 bits per heavy atom. The lowest BCUT2D eigenvalue weighted by Crippen LogP contribution is -2.44. The summed E-state index contributed by atoms with van der Waals surface area (Å²) in [6, 6.07) is 4.73. The van der Waals surface area contributed by atoms with Crippen molar-refractivity contribution < 1.29 is 13.2 Å². The molecule has 12 heteroatoms. The Bertz CT molecular complexity index is 1030. The lowest BCUT2D eigenvalue weighted by atomic mass is 9.99. The Kier molecular flexibility index (Phi) is 8.17. The van der Waals surface area contributed by atoms with Crippen molar-refractivity contribution >= 4 is 67.4 Å². The molecule has 1 aromatic heterocycles. The number of nitrogens with one attached hydrogen (secondary N) is 1. The summed E-state index contributed by atoms with van der Waals surface area (Å²) in [5.41, 5.74) is 0.478. The van der Waals surface area contributed by atoms with E-state index in [1.54, 1.807) is 18.2 Å². The van der Waals surface area contributed by atoms with Gasteiger partial charge in [0.25, 0.3) is 0 Å². The molecule has 0 aliphatic carbocycles. The van der Waals surface area contributed by atoms with E-state index in [2.05, 4.69) is 22.1 Å². The quantitative estimate of drug-likeness (QED) is 0.325. The molecule has 1 aliphatic heterocycles. The van der Waals surface area contributed by atoms with Gasteiger partial charge in [-0.15, -0.1) is 16.8 Å². The van der Waals surface area contributed by atoms with Gasteiger partial charge in [-0.1, -0.05) is 58.4 Å². The number of hydrogen-bond acceptors (Lipinski definition) is 7. The summed E-state index contributed by atoms with van der Waals surface area (Å²) < 4.78 is 27.9. The number of halogens is 2. The van der Waals surface area contributed by atoms with Gasteiger partial charge in [0.1, 0.15) is 0 Å². The molecular formula is C18H20Cl2N4O3S3. The second kappa shape index (κ2) is 10.4. The number of nitrogens with zero attached hydrogens (tertiary/aromatic N) is 3. The number of thioether (sulfide) groups is 1. The number of anilines is 1. The largest absolute Gasteiger partial charge is 0.300 e. The van der Waals surface area contributed by atoms with Crippen LogP contribution in [-0.4, -0.2) is 47.7 Å². The van der Waals surface area contributed by atoms with Crippen molar-refractivity contribution in [3.63, 3.8) is 0 Å². The maximum atomic E-state index is 12.9. The van der Waals surface area contributed by atoms with E-state index < -0.39 is 15.9 Å². The van der Waals surface area contributed by atoms with Gasteiger partial charge >= 0.3 is 0 Å². The fourth-order valence-corrected chi connectivity index (χ4v) is 6.70. The number of benzene rings is 1. The van der Waals surface area contributed by atoms with Crippen molar-refractivity contribution in [2.45, 2.75) is 22.9 Å². The van der Waals surface area contributed by atoms with Crippen molar-refractivity contribution in [3.8, 4) is 0 Å². The normalized spacial score (nSPS) is 17.6. The molecule has 1 N–H and O–H groups in total. The zero-order chi connectivity index (χ0) is 21.7. The smallest absolute Gasteiger partial charge is 0.230 e. The topological polar surface area (TPSA) is 92.3 Å². The number of carbonyl (C=O) groups excluding carboxylic acids is 1. The first kappa shape index (κ1) is 23.5. The average Bonchev–Trinajstić information content (AvgIpc) is 3.16. The van der Waals surface area contributed by atoms with E-state index in [1.165, 1.54) is 33.5 Å². The van der Waals surface area contributed by atoms with Gasteiger partial charge in [0.15, 0.2) is 4.34 Å². The Morgan fingerprint density at radius 2 is 2.20 bits per heavy atom. The fourth-order valence-electron chi connectivity index (χ4n) is 2.99. The van der Waals surface area contributed by atoms with E-state index in [1.807, 2.05) is 0 Å². The van der Waals surface area contributed by atoms with Gasteiger partial charge in [-0.3, -0.25) is 4.79 Å². The zero-order valence-electron chi connectivity index (χ0n) is 15.9. The first-order valence-electron chi connectivity index (χ1n) is 9.08. The van der Waals surface area contributed by atoms with Gasteiger partial charge in [0.05, 0.1) is 11.7 Å². The van der Waals surface area contributed by atoms with Gasteiger partial charge in [0, 0.05) is 28.9 Å². The molecule has 0 spiro atoms. The summed E-state index contributed by atoms with van der Waals surface area (Å²) >= 11 is 14.8. The molecule has 0 saturated carbocycles. The van der Waals surface area contributed by atoms with Gasteiger partial charge in [-0.05, 0) is 30.5 Å². The first-order valence-corrected chi connectivity index (χ1v) is 13.2. The highest BCUT2D eigenvalue weighted by Gasteiger charge is 2.33. The number of hydrogen-bond donors (Lipinski definition) is 1. The lowest BCUT2D eigenvalue weighted by Gasteiger charge is -2.31. The summed E-state index contributed by atoms with van der Waals surface area (Å²) in [7, 11) is -3.63. The molecule has 30 heavy (non-hydrogen) atoms. The predicted molar refractivity (Wildman–Crippen MR) is 123 cm³/mol. The molecule has 7 nitrogen and oxygen atoms in total.